The summed E-state index contributed by atoms with van der Waals surface area (Å²) in [5.74, 6) is -0.187. The monoisotopic (exact) mass is 268 g/mol. The normalized spacial score (nSPS) is 16.3. The Kier molecular flexibility index (Phi) is 3.78. The lowest BCUT2D eigenvalue weighted by Gasteiger charge is -2.15. The number of halogens is 1. The number of nitrogens with two attached hydrogens (primary N) is 1. The van der Waals surface area contributed by atoms with Gasteiger partial charge in [-0.15, -0.1) is 0 Å². The van der Waals surface area contributed by atoms with E-state index in [2.05, 4.69) is 5.32 Å². The van der Waals surface area contributed by atoms with Crippen molar-refractivity contribution in [3.8, 4) is 0 Å². The molecule has 4 nitrogen and oxygen atoms in total. The van der Waals surface area contributed by atoms with Crippen molar-refractivity contribution in [3.05, 3.63) is 28.8 Å². The first kappa shape index (κ1) is 13.2. The van der Waals surface area contributed by atoms with Gasteiger partial charge in [0.25, 0.3) is 5.91 Å². The number of carbonyl (C=O) groups excluding carboxylic acids is 1. The molecule has 1 aliphatic rings. The highest BCUT2D eigenvalue weighted by atomic mass is 35.5. The molecule has 1 amide bonds. The van der Waals surface area contributed by atoms with Gasteiger partial charge in [0.2, 0.25) is 0 Å². The maximum atomic E-state index is 12.0. The van der Waals surface area contributed by atoms with Crippen LogP contribution in [0, 0.1) is 5.41 Å². The molecule has 0 atom stereocenters. The summed E-state index contributed by atoms with van der Waals surface area (Å²) >= 11 is 5.78. The maximum Gasteiger partial charge on any atom is 0.253 e. The van der Waals surface area contributed by atoms with Crippen LogP contribution < -0.4 is 11.1 Å². The van der Waals surface area contributed by atoms with Gasteiger partial charge in [-0.1, -0.05) is 11.6 Å². The third-order valence-corrected chi connectivity index (χ3v) is 3.72. The molecule has 1 saturated carbocycles. The van der Waals surface area contributed by atoms with Crippen molar-refractivity contribution in [1.82, 2.24) is 5.32 Å². The van der Waals surface area contributed by atoms with Gasteiger partial charge in [-0.3, -0.25) is 4.79 Å². The highest BCUT2D eigenvalue weighted by Crippen LogP contribution is 2.47. The molecule has 98 valence electrons. The molecule has 18 heavy (non-hydrogen) atoms. The number of hydrogen-bond acceptors (Lipinski definition) is 3. The molecule has 5 heteroatoms. The first-order valence-electron chi connectivity index (χ1n) is 6.00. The van der Waals surface area contributed by atoms with E-state index in [1.807, 2.05) is 0 Å². The maximum absolute atomic E-state index is 12.0. The van der Waals surface area contributed by atoms with E-state index in [0.717, 1.165) is 19.3 Å². The molecule has 1 aromatic rings. The second-order valence-corrected chi connectivity index (χ2v) is 5.32. The largest absolute Gasteiger partial charge is 0.398 e. The number of hydrogen-bond donors (Lipinski definition) is 3. The van der Waals surface area contributed by atoms with Gasteiger partial charge in [-0.05, 0) is 42.9 Å². The van der Waals surface area contributed by atoms with Gasteiger partial charge in [-0.2, -0.15) is 0 Å². The summed E-state index contributed by atoms with van der Waals surface area (Å²) < 4.78 is 0. The number of aliphatic hydroxyl groups is 1. The molecule has 1 aromatic carbocycles. The van der Waals surface area contributed by atoms with E-state index in [4.69, 9.17) is 22.4 Å². The molecule has 0 radical (unpaired) electrons. The van der Waals surface area contributed by atoms with Crippen LogP contribution in [0.4, 0.5) is 5.69 Å². The molecule has 1 aliphatic carbocycles. The van der Waals surface area contributed by atoms with Crippen molar-refractivity contribution in [2.75, 3.05) is 18.9 Å². The second-order valence-electron chi connectivity index (χ2n) is 4.89. The lowest BCUT2D eigenvalue weighted by atomic mass is 10.0. The highest BCUT2D eigenvalue weighted by molar-refractivity contribution is 6.31. The molecule has 0 bridgehead atoms. The summed E-state index contributed by atoms with van der Waals surface area (Å²) in [4.78, 5) is 12.0. The van der Waals surface area contributed by atoms with Crippen molar-refractivity contribution >= 4 is 23.2 Å². The van der Waals surface area contributed by atoms with E-state index >= 15 is 0 Å². The number of nitrogens with one attached hydrogen (secondary N) is 1. The van der Waals surface area contributed by atoms with E-state index in [-0.39, 0.29) is 17.9 Å². The molecule has 4 N–H and O–H groups in total. The number of nitrogen functional groups attached to an aromatic ring is 1. The lowest BCUT2D eigenvalue weighted by molar-refractivity contribution is 0.0941. The van der Waals surface area contributed by atoms with Crippen LogP contribution in [-0.2, 0) is 0 Å². The van der Waals surface area contributed by atoms with Crippen molar-refractivity contribution in [2.24, 2.45) is 5.41 Å². The fourth-order valence-corrected chi connectivity index (χ4v) is 2.21. The third-order valence-electron chi connectivity index (χ3n) is 3.48. The Bertz CT molecular complexity index is 458. The molecule has 2 rings (SSSR count). The zero-order chi connectivity index (χ0) is 13.2. The van der Waals surface area contributed by atoms with Crippen LogP contribution in [0.15, 0.2) is 18.2 Å². The van der Waals surface area contributed by atoms with E-state index < -0.39 is 0 Å². The summed E-state index contributed by atoms with van der Waals surface area (Å²) in [6.45, 7) is 0.757. The van der Waals surface area contributed by atoms with Crippen molar-refractivity contribution < 1.29 is 9.90 Å². The summed E-state index contributed by atoms with van der Waals surface area (Å²) in [5.41, 5.74) is 6.68. The molecule has 0 spiro atoms. The fourth-order valence-electron chi connectivity index (χ4n) is 2.03. The Morgan fingerprint density at radius 3 is 2.78 bits per heavy atom. The summed E-state index contributed by atoms with van der Waals surface area (Å²) in [7, 11) is 0. The van der Waals surface area contributed by atoms with Gasteiger partial charge in [0, 0.05) is 23.9 Å². The van der Waals surface area contributed by atoms with E-state index in [9.17, 15) is 4.79 Å². The van der Waals surface area contributed by atoms with Crippen LogP contribution in [-0.4, -0.2) is 24.2 Å². The van der Waals surface area contributed by atoms with E-state index in [1.165, 1.54) is 0 Å². The van der Waals surface area contributed by atoms with Crippen LogP contribution in [0.5, 0.6) is 0 Å². The minimum Gasteiger partial charge on any atom is -0.398 e. The van der Waals surface area contributed by atoms with Crippen LogP contribution >= 0.6 is 11.6 Å². The Morgan fingerprint density at radius 1 is 1.50 bits per heavy atom. The molecule has 1 fully saturated rings. The van der Waals surface area contributed by atoms with Crippen LogP contribution in [0.2, 0.25) is 5.02 Å². The van der Waals surface area contributed by atoms with E-state index in [0.29, 0.717) is 22.8 Å². The fraction of sp³-hybridized carbons (Fsp3) is 0.462. The standard InChI is InChI=1S/C13H17ClN2O2/c14-9-1-2-10(11(15)7-9)12(18)16-8-13(3-4-13)5-6-17/h1-2,7,17H,3-6,8,15H2,(H,16,18). The predicted octanol–water partition coefficient (Wildman–Crippen LogP) is 1.81. The number of carbonyl (C=O) groups is 1. The van der Waals surface area contributed by atoms with Gasteiger partial charge in [0.1, 0.15) is 0 Å². The molecular weight excluding hydrogens is 252 g/mol. The van der Waals surface area contributed by atoms with Crippen LogP contribution in [0.25, 0.3) is 0 Å². The molecule has 0 unspecified atom stereocenters. The second kappa shape index (κ2) is 5.16. The number of rotatable bonds is 5. The third kappa shape index (κ3) is 2.94. The quantitative estimate of drug-likeness (QED) is 0.713. The molecule has 0 heterocycles. The number of benzene rings is 1. The Labute approximate surface area is 111 Å². The highest BCUT2D eigenvalue weighted by Gasteiger charge is 2.41. The molecule has 0 saturated heterocycles. The number of amides is 1. The molecular formula is C13H17ClN2O2. The van der Waals surface area contributed by atoms with Crippen molar-refractivity contribution in [1.29, 1.82) is 0 Å². The van der Waals surface area contributed by atoms with Gasteiger partial charge in [-0.25, -0.2) is 0 Å². The number of anilines is 1. The summed E-state index contributed by atoms with van der Waals surface area (Å²) in [5, 5.41) is 12.3. The molecule has 0 aliphatic heterocycles. The average molecular weight is 269 g/mol. The lowest BCUT2D eigenvalue weighted by Crippen LogP contribution is -2.31. The van der Waals surface area contributed by atoms with Gasteiger partial charge >= 0.3 is 0 Å². The zero-order valence-corrected chi connectivity index (χ0v) is 10.8. The van der Waals surface area contributed by atoms with Crippen LogP contribution in [0.3, 0.4) is 0 Å². The first-order valence-corrected chi connectivity index (χ1v) is 6.38. The Morgan fingerprint density at radius 2 is 2.22 bits per heavy atom. The topological polar surface area (TPSA) is 75.4 Å². The average Bonchev–Trinajstić information content (AvgIpc) is 3.07. The Balaban J connectivity index is 1.96. The summed E-state index contributed by atoms with van der Waals surface area (Å²) in [6.07, 6.45) is 2.86. The van der Waals surface area contributed by atoms with Gasteiger partial charge < -0.3 is 16.2 Å². The Hall–Kier alpha value is -1.26. The number of aliphatic hydroxyl groups excluding tert-OH is 1. The van der Waals surface area contributed by atoms with Crippen molar-refractivity contribution in [3.63, 3.8) is 0 Å². The smallest absolute Gasteiger partial charge is 0.253 e. The first-order chi connectivity index (χ1) is 8.56. The van der Waals surface area contributed by atoms with Crippen LogP contribution in [0.1, 0.15) is 29.6 Å². The minimum atomic E-state index is -0.187. The van der Waals surface area contributed by atoms with E-state index in [1.54, 1.807) is 18.2 Å². The predicted molar refractivity (Wildman–Crippen MR) is 71.6 cm³/mol. The summed E-state index contributed by atoms with van der Waals surface area (Å²) in [6, 6.07) is 4.84. The molecule has 0 aromatic heterocycles. The van der Waals surface area contributed by atoms with Gasteiger partial charge in [0.05, 0.1) is 5.56 Å². The zero-order valence-electron chi connectivity index (χ0n) is 10.1. The van der Waals surface area contributed by atoms with Crippen molar-refractivity contribution in [2.45, 2.75) is 19.3 Å². The SMILES string of the molecule is Nc1cc(Cl)ccc1C(=O)NCC1(CCO)CC1. The van der Waals surface area contributed by atoms with Gasteiger partial charge in [0.15, 0.2) is 0 Å². The minimum absolute atomic E-state index is 0.103.